The van der Waals surface area contributed by atoms with Crippen LogP contribution in [0.25, 0.3) is 0 Å². The van der Waals surface area contributed by atoms with Crippen LogP contribution in [0.2, 0.25) is 0 Å². The van der Waals surface area contributed by atoms with Crippen molar-refractivity contribution in [3.8, 4) is 0 Å². The molecule has 0 bridgehead atoms. The zero-order valence-corrected chi connectivity index (χ0v) is 38.9. The molecule has 2 atom stereocenters. The van der Waals surface area contributed by atoms with Gasteiger partial charge in [0.1, 0.15) is 6.10 Å². The fourth-order valence-electron chi connectivity index (χ4n) is 6.91. The van der Waals surface area contributed by atoms with Gasteiger partial charge in [-0.2, -0.15) is 0 Å². The molecular formula is C49H94NO7P. The molecule has 0 aliphatic carbocycles. The highest BCUT2D eigenvalue weighted by atomic mass is 31.2. The molecule has 0 fully saturated rings. The summed E-state index contributed by atoms with van der Waals surface area (Å²) in [5.74, 6) is -0.334. The number of ether oxygens (including phenoxy) is 2. The van der Waals surface area contributed by atoms with Crippen LogP contribution in [0.1, 0.15) is 232 Å². The van der Waals surface area contributed by atoms with Gasteiger partial charge < -0.3 is 20.1 Å². The van der Waals surface area contributed by atoms with Gasteiger partial charge in [-0.05, 0) is 70.6 Å². The van der Waals surface area contributed by atoms with E-state index in [2.05, 4.69) is 50.3 Å². The van der Waals surface area contributed by atoms with Crippen molar-refractivity contribution in [3.63, 3.8) is 0 Å². The van der Waals surface area contributed by atoms with Crippen molar-refractivity contribution in [2.75, 3.05) is 33.0 Å². The van der Waals surface area contributed by atoms with Gasteiger partial charge in [-0.15, -0.1) is 0 Å². The van der Waals surface area contributed by atoms with Crippen molar-refractivity contribution in [2.45, 2.75) is 238 Å². The van der Waals surface area contributed by atoms with E-state index in [1.807, 2.05) is 0 Å². The summed E-state index contributed by atoms with van der Waals surface area (Å²) < 4.78 is 33.5. The Morgan fingerprint density at radius 3 is 1.36 bits per heavy atom. The van der Waals surface area contributed by atoms with Gasteiger partial charge in [0.25, 0.3) is 0 Å². The first kappa shape index (κ1) is 56.7. The predicted octanol–water partition coefficient (Wildman–Crippen LogP) is 15.0. The lowest BCUT2D eigenvalue weighted by Gasteiger charge is -2.20. The van der Waals surface area contributed by atoms with Gasteiger partial charge in [0.15, 0.2) is 0 Å². The fraction of sp³-hybridized carbons (Fsp3) is 0.857. The third kappa shape index (κ3) is 45.8. The average Bonchev–Trinajstić information content (AvgIpc) is 3.21. The second-order valence-electron chi connectivity index (χ2n) is 16.3. The van der Waals surface area contributed by atoms with Crippen LogP contribution in [0.4, 0.5) is 0 Å². The molecule has 0 aromatic rings. The number of allylic oxidation sites excluding steroid dienone is 6. The van der Waals surface area contributed by atoms with Gasteiger partial charge >= 0.3 is 13.8 Å². The molecule has 0 rings (SSSR count). The Bertz CT molecular complexity index is 988. The summed E-state index contributed by atoms with van der Waals surface area (Å²) in [5, 5.41) is 0. The molecule has 0 heterocycles. The topological polar surface area (TPSA) is 117 Å². The van der Waals surface area contributed by atoms with Crippen molar-refractivity contribution in [1.82, 2.24) is 0 Å². The summed E-state index contributed by atoms with van der Waals surface area (Å²) in [4.78, 5) is 22.5. The molecule has 58 heavy (non-hydrogen) atoms. The first-order valence-corrected chi connectivity index (χ1v) is 26.0. The summed E-state index contributed by atoms with van der Waals surface area (Å²) in [6.07, 6.45) is 54.5. The van der Waals surface area contributed by atoms with Crippen molar-refractivity contribution < 1.29 is 32.8 Å². The molecule has 0 spiro atoms. The minimum Gasteiger partial charge on any atom is -0.457 e. The van der Waals surface area contributed by atoms with Crippen LogP contribution in [0.5, 0.6) is 0 Å². The summed E-state index contributed by atoms with van der Waals surface area (Å²) in [6.45, 7) is 4.93. The molecule has 0 aliphatic rings. The Labute approximate surface area is 358 Å². The molecule has 0 aliphatic heterocycles. The van der Waals surface area contributed by atoms with E-state index in [9.17, 15) is 14.3 Å². The number of phosphoric acid groups is 1. The number of phosphoric ester groups is 1. The maximum Gasteiger partial charge on any atom is 0.472 e. The van der Waals surface area contributed by atoms with Crippen molar-refractivity contribution in [3.05, 3.63) is 36.5 Å². The van der Waals surface area contributed by atoms with E-state index < -0.39 is 13.9 Å². The Morgan fingerprint density at radius 1 is 0.517 bits per heavy atom. The van der Waals surface area contributed by atoms with E-state index in [0.29, 0.717) is 13.0 Å². The van der Waals surface area contributed by atoms with Crippen molar-refractivity contribution in [2.24, 2.45) is 5.73 Å². The third-order valence-electron chi connectivity index (χ3n) is 10.5. The first-order valence-electron chi connectivity index (χ1n) is 24.5. The number of rotatable bonds is 47. The van der Waals surface area contributed by atoms with Crippen LogP contribution >= 0.6 is 7.82 Å². The highest BCUT2D eigenvalue weighted by molar-refractivity contribution is 7.47. The second-order valence-corrected chi connectivity index (χ2v) is 17.8. The van der Waals surface area contributed by atoms with Crippen molar-refractivity contribution >= 4 is 13.8 Å². The molecule has 2 unspecified atom stereocenters. The minimum atomic E-state index is -4.28. The highest BCUT2D eigenvalue weighted by Crippen LogP contribution is 2.43. The number of nitrogens with two attached hydrogens (primary N) is 1. The average molecular weight is 840 g/mol. The van der Waals surface area contributed by atoms with E-state index in [1.54, 1.807) is 0 Å². The zero-order valence-electron chi connectivity index (χ0n) is 38.0. The maximum absolute atomic E-state index is 12.6. The standard InChI is InChI=1S/C49H94NO7P/c1-3-5-7-9-11-13-15-17-19-21-22-23-24-25-27-29-31-33-35-37-39-41-44-54-46-48(47-56-58(52,53)55-45-43-50)57-49(51)42-40-38-36-34-32-30-28-26-20-18-16-14-12-10-8-6-4-2/h15,17-18,20-22,48H,3-14,16,19,23-47,50H2,1-2H3,(H,52,53)/b17-15-,20-18-,22-21-. The monoisotopic (exact) mass is 840 g/mol. The van der Waals surface area contributed by atoms with E-state index in [4.69, 9.17) is 24.3 Å². The Morgan fingerprint density at radius 2 is 0.914 bits per heavy atom. The highest BCUT2D eigenvalue weighted by Gasteiger charge is 2.25. The van der Waals surface area contributed by atoms with Gasteiger partial charge in [-0.25, -0.2) is 4.57 Å². The lowest BCUT2D eigenvalue weighted by molar-refractivity contribution is -0.154. The number of unbranched alkanes of at least 4 members (excludes halogenated alkanes) is 28. The summed E-state index contributed by atoms with van der Waals surface area (Å²) in [6, 6.07) is 0. The number of hydrogen-bond acceptors (Lipinski definition) is 7. The van der Waals surface area contributed by atoms with Crippen LogP contribution in [0, 0.1) is 0 Å². The molecule has 9 heteroatoms. The molecule has 0 radical (unpaired) electrons. The molecule has 0 amide bonds. The first-order chi connectivity index (χ1) is 28.4. The van der Waals surface area contributed by atoms with Gasteiger partial charge in [0.2, 0.25) is 0 Å². The SMILES string of the molecule is CCCCCCC/C=C\C/C=C\CCCCCCCCCCCCOCC(COP(=O)(O)OCCN)OC(=O)CCCCCCCCC/C=C\CCCCCCCC. The van der Waals surface area contributed by atoms with Gasteiger partial charge in [-0.3, -0.25) is 13.8 Å². The van der Waals surface area contributed by atoms with E-state index in [1.165, 1.54) is 173 Å². The van der Waals surface area contributed by atoms with E-state index in [-0.39, 0.29) is 32.3 Å². The molecule has 0 aromatic heterocycles. The van der Waals surface area contributed by atoms with Gasteiger partial charge in [0, 0.05) is 19.6 Å². The second kappa shape index (κ2) is 46.8. The summed E-state index contributed by atoms with van der Waals surface area (Å²) in [5.41, 5.74) is 5.38. The Balaban J connectivity index is 3.96. The minimum absolute atomic E-state index is 0.0965. The molecular weight excluding hydrogens is 746 g/mol. The predicted molar refractivity (Wildman–Crippen MR) is 247 cm³/mol. The largest absolute Gasteiger partial charge is 0.472 e. The van der Waals surface area contributed by atoms with Crippen LogP contribution in [-0.4, -0.2) is 49.9 Å². The zero-order chi connectivity index (χ0) is 42.3. The number of esters is 1. The van der Waals surface area contributed by atoms with Gasteiger partial charge in [0.05, 0.1) is 19.8 Å². The molecule has 0 aromatic carbocycles. The number of hydrogen-bond donors (Lipinski definition) is 2. The Hall–Kier alpha value is -1.28. The lowest BCUT2D eigenvalue weighted by Crippen LogP contribution is -2.28. The quantitative estimate of drug-likeness (QED) is 0.0269. The number of carbonyl (C=O) groups excluding carboxylic acids is 1. The molecule has 342 valence electrons. The van der Waals surface area contributed by atoms with Crippen LogP contribution < -0.4 is 5.73 Å². The normalized spacial score (nSPS) is 13.7. The van der Waals surface area contributed by atoms with Crippen LogP contribution in [0.15, 0.2) is 36.5 Å². The number of carbonyl (C=O) groups is 1. The third-order valence-corrected chi connectivity index (χ3v) is 11.5. The van der Waals surface area contributed by atoms with Crippen LogP contribution in [0.3, 0.4) is 0 Å². The maximum atomic E-state index is 12.6. The summed E-state index contributed by atoms with van der Waals surface area (Å²) >= 11 is 0. The molecule has 8 nitrogen and oxygen atoms in total. The van der Waals surface area contributed by atoms with E-state index >= 15 is 0 Å². The van der Waals surface area contributed by atoms with E-state index in [0.717, 1.165) is 38.5 Å². The molecule has 0 saturated heterocycles. The summed E-state index contributed by atoms with van der Waals surface area (Å²) in [7, 11) is -4.28. The van der Waals surface area contributed by atoms with Gasteiger partial charge in [-0.1, -0.05) is 192 Å². The molecule has 3 N–H and O–H groups in total. The Kier molecular flexibility index (Phi) is 45.7. The molecule has 0 saturated carbocycles. The van der Waals surface area contributed by atoms with Crippen molar-refractivity contribution in [1.29, 1.82) is 0 Å². The smallest absolute Gasteiger partial charge is 0.457 e. The fourth-order valence-corrected chi connectivity index (χ4v) is 7.67. The van der Waals surface area contributed by atoms with Crippen LogP contribution in [-0.2, 0) is 27.9 Å². The lowest BCUT2D eigenvalue weighted by atomic mass is 10.1.